The van der Waals surface area contributed by atoms with Gasteiger partial charge in [-0.25, -0.2) is 0 Å². The summed E-state index contributed by atoms with van der Waals surface area (Å²) in [7, 11) is 1.65. The molecule has 2 aromatic rings. The van der Waals surface area contributed by atoms with Gasteiger partial charge >= 0.3 is 0 Å². The smallest absolute Gasteiger partial charge is 0.134 e. The fraction of sp³-hybridized carbons (Fsp3) is 0.200. The highest BCUT2D eigenvalue weighted by Crippen LogP contribution is 2.37. The molecule has 2 rings (SSSR count). The maximum absolute atomic E-state index is 9.68. The van der Waals surface area contributed by atoms with Gasteiger partial charge in [0.25, 0.3) is 0 Å². The van der Waals surface area contributed by atoms with E-state index in [1.807, 2.05) is 32.0 Å². The van der Waals surface area contributed by atoms with Gasteiger partial charge in [0.1, 0.15) is 11.5 Å². The third-order valence-corrected chi connectivity index (χ3v) is 3.46. The number of aryl methyl sites for hydroxylation is 1. The lowest BCUT2D eigenvalue weighted by Gasteiger charge is -2.14. The van der Waals surface area contributed by atoms with Gasteiger partial charge in [0.15, 0.2) is 0 Å². The highest BCUT2D eigenvalue weighted by molar-refractivity contribution is 6.32. The SMILES string of the molecule is COc1c(-c2ccc(Cl)c(O)c2)ccc(C)c1C. The van der Waals surface area contributed by atoms with Crippen LogP contribution in [0.5, 0.6) is 11.5 Å². The molecule has 0 saturated carbocycles. The van der Waals surface area contributed by atoms with Crippen molar-refractivity contribution in [2.24, 2.45) is 0 Å². The number of aromatic hydroxyl groups is 1. The molecule has 0 bridgehead atoms. The zero-order chi connectivity index (χ0) is 13.3. The largest absolute Gasteiger partial charge is 0.506 e. The van der Waals surface area contributed by atoms with Gasteiger partial charge < -0.3 is 9.84 Å². The summed E-state index contributed by atoms with van der Waals surface area (Å²) in [5.41, 5.74) is 4.11. The minimum Gasteiger partial charge on any atom is -0.506 e. The summed E-state index contributed by atoms with van der Waals surface area (Å²) in [5, 5.41) is 10.0. The Morgan fingerprint density at radius 2 is 1.83 bits per heavy atom. The van der Waals surface area contributed by atoms with Crippen LogP contribution in [0.3, 0.4) is 0 Å². The van der Waals surface area contributed by atoms with Crippen LogP contribution < -0.4 is 4.74 Å². The number of methoxy groups -OCH3 is 1. The van der Waals surface area contributed by atoms with E-state index in [1.165, 1.54) is 5.56 Å². The van der Waals surface area contributed by atoms with E-state index in [0.717, 1.165) is 22.4 Å². The topological polar surface area (TPSA) is 29.5 Å². The summed E-state index contributed by atoms with van der Waals surface area (Å²) in [6, 6.07) is 9.23. The molecule has 0 unspecified atom stereocenters. The van der Waals surface area contributed by atoms with Gasteiger partial charge in [-0.1, -0.05) is 29.8 Å². The van der Waals surface area contributed by atoms with Crippen LogP contribution in [0.15, 0.2) is 30.3 Å². The van der Waals surface area contributed by atoms with Crippen LogP contribution in [-0.2, 0) is 0 Å². The average Bonchev–Trinajstić information content (AvgIpc) is 2.36. The summed E-state index contributed by atoms with van der Waals surface area (Å²) in [5.74, 6) is 0.908. The molecule has 2 aromatic carbocycles. The minimum atomic E-state index is 0.0782. The minimum absolute atomic E-state index is 0.0782. The highest BCUT2D eigenvalue weighted by Gasteiger charge is 2.11. The second kappa shape index (κ2) is 4.91. The Bertz CT molecular complexity index is 591. The molecule has 0 heterocycles. The molecule has 0 aromatic heterocycles. The van der Waals surface area contributed by atoms with Crippen molar-refractivity contribution >= 4 is 11.6 Å². The molecule has 1 N–H and O–H groups in total. The third-order valence-electron chi connectivity index (χ3n) is 3.14. The summed E-state index contributed by atoms with van der Waals surface area (Å²) in [6.07, 6.45) is 0. The van der Waals surface area contributed by atoms with E-state index in [0.29, 0.717) is 5.02 Å². The van der Waals surface area contributed by atoms with Crippen LogP contribution in [0, 0.1) is 13.8 Å². The van der Waals surface area contributed by atoms with E-state index >= 15 is 0 Å². The second-order valence-electron chi connectivity index (χ2n) is 4.25. The highest BCUT2D eigenvalue weighted by atomic mass is 35.5. The van der Waals surface area contributed by atoms with Crippen molar-refractivity contribution in [3.63, 3.8) is 0 Å². The van der Waals surface area contributed by atoms with Crippen molar-refractivity contribution in [2.45, 2.75) is 13.8 Å². The molecule has 0 spiro atoms. The molecule has 0 aliphatic carbocycles. The summed E-state index contributed by atoms with van der Waals surface area (Å²) in [6.45, 7) is 4.06. The number of rotatable bonds is 2. The lowest BCUT2D eigenvalue weighted by Crippen LogP contribution is -1.93. The summed E-state index contributed by atoms with van der Waals surface area (Å²) < 4.78 is 5.47. The third kappa shape index (κ3) is 2.16. The molecule has 0 atom stereocenters. The second-order valence-corrected chi connectivity index (χ2v) is 4.66. The van der Waals surface area contributed by atoms with Crippen LogP contribution in [0.2, 0.25) is 5.02 Å². The van der Waals surface area contributed by atoms with E-state index in [1.54, 1.807) is 19.2 Å². The molecule has 0 radical (unpaired) electrons. The number of ether oxygens (including phenoxy) is 1. The van der Waals surface area contributed by atoms with Crippen molar-refractivity contribution < 1.29 is 9.84 Å². The Kier molecular flexibility index (Phi) is 3.48. The normalized spacial score (nSPS) is 10.4. The Hall–Kier alpha value is -1.67. The lowest BCUT2D eigenvalue weighted by molar-refractivity contribution is 0.413. The van der Waals surface area contributed by atoms with Crippen molar-refractivity contribution in [1.29, 1.82) is 0 Å². The monoisotopic (exact) mass is 262 g/mol. The Morgan fingerprint density at radius 1 is 1.11 bits per heavy atom. The maximum Gasteiger partial charge on any atom is 0.134 e. The Balaban J connectivity index is 2.63. The van der Waals surface area contributed by atoms with E-state index in [-0.39, 0.29) is 5.75 Å². The molecule has 0 aliphatic heterocycles. The van der Waals surface area contributed by atoms with E-state index in [2.05, 4.69) is 0 Å². The number of phenols is 1. The van der Waals surface area contributed by atoms with Gasteiger partial charge in [0, 0.05) is 5.56 Å². The van der Waals surface area contributed by atoms with Crippen LogP contribution in [0.1, 0.15) is 11.1 Å². The fourth-order valence-electron chi connectivity index (χ4n) is 1.96. The van der Waals surface area contributed by atoms with Crippen LogP contribution in [0.4, 0.5) is 0 Å². The van der Waals surface area contributed by atoms with Crippen LogP contribution >= 0.6 is 11.6 Å². The molecule has 0 aliphatic rings. The van der Waals surface area contributed by atoms with E-state index in [9.17, 15) is 5.11 Å². The van der Waals surface area contributed by atoms with Gasteiger partial charge in [0.2, 0.25) is 0 Å². The zero-order valence-corrected chi connectivity index (χ0v) is 11.4. The van der Waals surface area contributed by atoms with Gasteiger partial charge in [-0.05, 0) is 42.7 Å². The first-order valence-corrected chi connectivity index (χ1v) is 6.05. The first kappa shape index (κ1) is 12.8. The van der Waals surface area contributed by atoms with E-state index in [4.69, 9.17) is 16.3 Å². The van der Waals surface area contributed by atoms with Gasteiger partial charge in [-0.2, -0.15) is 0 Å². The zero-order valence-electron chi connectivity index (χ0n) is 10.6. The summed E-state index contributed by atoms with van der Waals surface area (Å²) >= 11 is 5.82. The Morgan fingerprint density at radius 3 is 2.44 bits per heavy atom. The predicted molar refractivity (Wildman–Crippen MR) is 74.6 cm³/mol. The Labute approximate surface area is 112 Å². The molecular weight excluding hydrogens is 248 g/mol. The van der Waals surface area contributed by atoms with Gasteiger partial charge in [-0.15, -0.1) is 0 Å². The van der Waals surface area contributed by atoms with Crippen LogP contribution in [0.25, 0.3) is 11.1 Å². The number of hydrogen-bond donors (Lipinski definition) is 1. The van der Waals surface area contributed by atoms with Crippen LogP contribution in [-0.4, -0.2) is 12.2 Å². The molecule has 0 fully saturated rings. The molecule has 0 amide bonds. The van der Waals surface area contributed by atoms with E-state index < -0.39 is 0 Å². The van der Waals surface area contributed by atoms with Crippen molar-refractivity contribution in [1.82, 2.24) is 0 Å². The molecule has 94 valence electrons. The average molecular weight is 263 g/mol. The maximum atomic E-state index is 9.68. The van der Waals surface area contributed by atoms with Gasteiger partial charge in [-0.3, -0.25) is 0 Å². The lowest BCUT2D eigenvalue weighted by atomic mass is 9.98. The molecule has 2 nitrogen and oxygen atoms in total. The quantitative estimate of drug-likeness (QED) is 0.872. The number of phenolic OH excluding ortho intramolecular Hbond substituents is 1. The predicted octanol–water partition coefficient (Wildman–Crippen LogP) is 4.34. The number of hydrogen-bond acceptors (Lipinski definition) is 2. The molecular formula is C15H15ClO2. The van der Waals surface area contributed by atoms with Crippen molar-refractivity contribution in [2.75, 3.05) is 7.11 Å². The first-order valence-electron chi connectivity index (χ1n) is 5.67. The fourth-order valence-corrected chi connectivity index (χ4v) is 2.08. The molecule has 3 heteroatoms. The number of halogens is 1. The first-order chi connectivity index (χ1) is 8.54. The molecule has 18 heavy (non-hydrogen) atoms. The molecule has 0 saturated heterocycles. The van der Waals surface area contributed by atoms with Gasteiger partial charge in [0.05, 0.1) is 12.1 Å². The van der Waals surface area contributed by atoms with Crippen molar-refractivity contribution in [3.8, 4) is 22.6 Å². The van der Waals surface area contributed by atoms with Crippen molar-refractivity contribution in [3.05, 3.63) is 46.5 Å². The summed E-state index contributed by atoms with van der Waals surface area (Å²) in [4.78, 5) is 0. The number of benzene rings is 2. The standard InChI is InChI=1S/C15H15ClO2/c1-9-4-6-12(15(18-3)10(9)2)11-5-7-13(16)14(17)8-11/h4-8,17H,1-3H3.